The zero-order valence-electron chi connectivity index (χ0n) is 16.0. The smallest absolute Gasteiger partial charge is 0.223 e. The van der Waals surface area contributed by atoms with Gasteiger partial charge in [0.05, 0.1) is 0 Å². The number of carbonyl (C=O) groups excluding carboxylic acids is 2. The Morgan fingerprint density at radius 1 is 1.12 bits per heavy atom. The molecule has 0 bridgehead atoms. The van der Waals surface area contributed by atoms with Crippen molar-refractivity contribution in [1.29, 1.82) is 0 Å². The maximum Gasteiger partial charge on any atom is 0.223 e. The lowest BCUT2D eigenvalue weighted by Crippen LogP contribution is -2.41. The number of hydrogen-bond donors (Lipinski definition) is 1. The number of hydrogen-bond acceptors (Lipinski definition) is 3. The van der Waals surface area contributed by atoms with Gasteiger partial charge in [-0.2, -0.15) is 0 Å². The van der Waals surface area contributed by atoms with E-state index in [0.717, 1.165) is 44.0 Å². The number of benzene rings is 1. The standard InChI is InChI=1S/C21H31N3O2/c1-16-10-13-23(14-11-16)19-6-8-20(9-7-19)24(17(2)25)15-12-22-21(26)18-4-3-5-18/h6-9,16,18H,3-5,10-15H2,1-2H3,(H,22,26). The van der Waals surface area contributed by atoms with Crippen molar-refractivity contribution in [1.82, 2.24) is 5.32 Å². The zero-order valence-corrected chi connectivity index (χ0v) is 16.0. The van der Waals surface area contributed by atoms with E-state index in [2.05, 4.69) is 29.3 Å². The van der Waals surface area contributed by atoms with E-state index in [1.165, 1.54) is 18.5 Å². The SMILES string of the molecule is CC(=O)N(CCNC(=O)C1CCC1)c1ccc(N2CCC(C)CC2)cc1. The lowest BCUT2D eigenvalue weighted by atomic mass is 9.85. The van der Waals surface area contributed by atoms with Gasteiger partial charge in [-0.3, -0.25) is 9.59 Å². The Hall–Kier alpha value is -2.04. The van der Waals surface area contributed by atoms with Crippen LogP contribution < -0.4 is 15.1 Å². The third-order valence-corrected chi connectivity index (χ3v) is 5.80. The number of rotatable bonds is 6. The first kappa shape index (κ1) is 18.7. The van der Waals surface area contributed by atoms with E-state index in [1.807, 2.05) is 12.1 Å². The maximum atomic E-state index is 12.0. The second-order valence-corrected chi connectivity index (χ2v) is 7.78. The van der Waals surface area contributed by atoms with Crippen LogP contribution in [0.2, 0.25) is 0 Å². The van der Waals surface area contributed by atoms with Crippen molar-refractivity contribution < 1.29 is 9.59 Å². The molecule has 1 aliphatic carbocycles. The van der Waals surface area contributed by atoms with Crippen molar-refractivity contribution in [3.8, 4) is 0 Å². The minimum Gasteiger partial charge on any atom is -0.372 e. The molecule has 2 fully saturated rings. The van der Waals surface area contributed by atoms with Crippen LogP contribution in [-0.4, -0.2) is 38.0 Å². The molecular formula is C21H31N3O2. The molecule has 0 atom stereocenters. The molecule has 1 aromatic rings. The van der Waals surface area contributed by atoms with E-state index in [1.54, 1.807) is 11.8 Å². The predicted octanol–water partition coefficient (Wildman–Crippen LogP) is 3.19. The lowest BCUT2D eigenvalue weighted by Gasteiger charge is -2.32. The second-order valence-electron chi connectivity index (χ2n) is 7.78. The molecule has 2 aliphatic rings. The summed E-state index contributed by atoms with van der Waals surface area (Å²) >= 11 is 0. The number of amides is 2. The first-order valence-corrected chi connectivity index (χ1v) is 9.95. The highest BCUT2D eigenvalue weighted by Gasteiger charge is 2.25. The topological polar surface area (TPSA) is 52.7 Å². The fraction of sp³-hybridized carbons (Fsp3) is 0.619. The van der Waals surface area contributed by atoms with Crippen LogP contribution in [0.3, 0.4) is 0 Å². The highest BCUT2D eigenvalue weighted by atomic mass is 16.2. The summed E-state index contributed by atoms with van der Waals surface area (Å²) in [7, 11) is 0. The second kappa shape index (κ2) is 8.56. The minimum absolute atomic E-state index is 0.00226. The van der Waals surface area contributed by atoms with E-state index in [9.17, 15) is 9.59 Å². The summed E-state index contributed by atoms with van der Waals surface area (Å²) in [5, 5.41) is 2.97. The minimum atomic E-state index is 0.00226. The van der Waals surface area contributed by atoms with Crippen LogP contribution >= 0.6 is 0 Å². The normalized spacial score (nSPS) is 18.3. The Kier molecular flexibility index (Phi) is 6.17. The summed E-state index contributed by atoms with van der Waals surface area (Å²) in [4.78, 5) is 28.1. The Morgan fingerprint density at radius 2 is 1.77 bits per heavy atom. The Morgan fingerprint density at radius 3 is 2.31 bits per heavy atom. The molecule has 5 heteroatoms. The average molecular weight is 357 g/mol. The van der Waals surface area contributed by atoms with Crippen molar-refractivity contribution >= 4 is 23.2 Å². The lowest BCUT2D eigenvalue weighted by molar-refractivity contribution is -0.127. The molecule has 0 radical (unpaired) electrons. The van der Waals surface area contributed by atoms with Gasteiger partial charge < -0.3 is 15.1 Å². The molecule has 1 heterocycles. The number of anilines is 2. The van der Waals surface area contributed by atoms with Gasteiger partial charge in [0, 0.05) is 50.4 Å². The summed E-state index contributed by atoms with van der Waals surface area (Å²) in [5.41, 5.74) is 2.12. The van der Waals surface area contributed by atoms with Crippen molar-refractivity contribution in [2.75, 3.05) is 36.0 Å². The van der Waals surface area contributed by atoms with Gasteiger partial charge in [0.25, 0.3) is 0 Å². The first-order valence-electron chi connectivity index (χ1n) is 9.95. The highest BCUT2D eigenvalue weighted by molar-refractivity contribution is 5.91. The van der Waals surface area contributed by atoms with Gasteiger partial charge in [-0.15, -0.1) is 0 Å². The van der Waals surface area contributed by atoms with Crippen molar-refractivity contribution in [2.24, 2.45) is 11.8 Å². The Bertz CT molecular complexity index is 617. The summed E-state index contributed by atoms with van der Waals surface area (Å²) in [6.45, 7) is 7.10. The number of nitrogens with zero attached hydrogens (tertiary/aromatic N) is 2. The van der Waals surface area contributed by atoms with Gasteiger partial charge in [0.2, 0.25) is 11.8 Å². The zero-order chi connectivity index (χ0) is 18.5. The van der Waals surface area contributed by atoms with Gasteiger partial charge in [-0.1, -0.05) is 13.3 Å². The van der Waals surface area contributed by atoms with Crippen LogP contribution in [0.1, 0.15) is 46.0 Å². The molecule has 1 aliphatic heterocycles. The molecule has 0 unspecified atom stereocenters. The van der Waals surface area contributed by atoms with Gasteiger partial charge in [0.15, 0.2) is 0 Å². The first-order chi connectivity index (χ1) is 12.5. The summed E-state index contributed by atoms with van der Waals surface area (Å²) < 4.78 is 0. The van der Waals surface area contributed by atoms with Crippen LogP contribution in [0, 0.1) is 11.8 Å². The van der Waals surface area contributed by atoms with Gasteiger partial charge in [0.1, 0.15) is 0 Å². The van der Waals surface area contributed by atoms with Crippen LogP contribution in [-0.2, 0) is 9.59 Å². The molecular weight excluding hydrogens is 326 g/mol. The third-order valence-electron chi connectivity index (χ3n) is 5.80. The van der Waals surface area contributed by atoms with E-state index in [0.29, 0.717) is 13.1 Å². The predicted molar refractivity (Wildman–Crippen MR) is 105 cm³/mol. The fourth-order valence-electron chi connectivity index (χ4n) is 3.68. The Balaban J connectivity index is 1.55. The molecule has 142 valence electrons. The van der Waals surface area contributed by atoms with Crippen molar-refractivity contribution in [3.63, 3.8) is 0 Å². The number of nitrogens with one attached hydrogen (secondary N) is 1. The van der Waals surface area contributed by atoms with Crippen LogP contribution in [0.25, 0.3) is 0 Å². The number of piperidine rings is 1. The molecule has 3 rings (SSSR count). The fourth-order valence-corrected chi connectivity index (χ4v) is 3.68. The largest absolute Gasteiger partial charge is 0.372 e. The van der Waals surface area contributed by atoms with E-state index in [-0.39, 0.29) is 17.7 Å². The van der Waals surface area contributed by atoms with E-state index < -0.39 is 0 Å². The third kappa shape index (κ3) is 4.57. The molecule has 1 N–H and O–H groups in total. The maximum absolute atomic E-state index is 12.0. The molecule has 1 saturated heterocycles. The molecule has 2 amide bonds. The van der Waals surface area contributed by atoms with Crippen molar-refractivity contribution in [3.05, 3.63) is 24.3 Å². The summed E-state index contributed by atoms with van der Waals surface area (Å²) in [6.07, 6.45) is 5.63. The Labute approximate surface area is 156 Å². The molecule has 0 spiro atoms. The van der Waals surface area contributed by atoms with Crippen LogP contribution in [0.4, 0.5) is 11.4 Å². The highest BCUT2D eigenvalue weighted by Crippen LogP contribution is 2.27. The monoisotopic (exact) mass is 357 g/mol. The molecule has 0 aromatic heterocycles. The van der Waals surface area contributed by atoms with E-state index >= 15 is 0 Å². The van der Waals surface area contributed by atoms with Gasteiger partial charge in [-0.25, -0.2) is 0 Å². The summed E-state index contributed by atoms with van der Waals surface area (Å²) in [6, 6.07) is 8.24. The average Bonchev–Trinajstić information content (AvgIpc) is 2.58. The summed E-state index contributed by atoms with van der Waals surface area (Å²) in [5.74, 6) is 1.14. The quantitative estimate of drug-likeness (QED) is 0.851. The van der Waals surface area contributed by atoms with E-state index in [4.69, 9.17) is 0 Å². The van der Waals surface area contributed by atoms with Gasteiger partial charge in [-0.05, 0) is 55.9 Å². The van der Waals surface area contributed by atoms with Gasteiger partial charge >= 0.3 is 0 Å². The number of carbonyl (C=O) groups is 2. The van der Waals surface area contributed by atoms with Crippen LogP contribution in [0.15, 0.2) is 24.3 Å². The van der Waals surface area contributed by atoms with Crippen LogP contribution in [0.5, 0.6) is 0 Å². The molecule has 1 saturated carbocycles. The van der Waals surface area contributed by atoms with Crippen molar-refractivity contribution in [2.45, 2.75) is 46.0 Å². The molecule has 5 nitrogen and oxygen atoms in total. The molecule has 1 aromatic carbocycles. The molecule has 26 heavy (non-hydrogen) atoms.